The van der Waals surface area contributed by atoms with Crippen LogP contribution < -0.4 is 9.64 Å². The summed E-state index contributed by atoms with van der Waals surface area (Å²) in [6.45, 7) is 4.12. The van der Waals surface area contributed by atoms with Crippen molar-refractivity contribution in [2.45, 2.75) is 32.4 Å². The second-order valence-electron chi connectivity index (χ2n) is 8.04. The van der Waals surface area contributed by atoms with Gasteiger partial charge in [0.15, 0.2) is 16.7 Å². The molecule has 2 N–H and O–H groups in total. The van der Waals surface area contributed by atoms with Crippen molar-refractivity contribution in [2.24, 2.45) is 0 Å². The van der Waals surface area contributed by atoms with Crippen LogP contribution in [0, 0.1) is 6.92 Å². The predicted octanol–water partition coefficient (Wildman–Crippen LogP) is 4.25. The van der Waals surface area contributed by atoms with E-state index in [0.717, 1.165) is 4.70 Å². The van der Waals surface area contributed by atoms with E-state index in [2.05, 4.69) is 4.98 Å². The van der Waals surface area contributed by atoms with Crippen LogP contribution in [-0.2, 0) is 4.79 Å². The van der Waals surface area contributed by atoms with Gasteiger partial charge in [-0.2, -0.15) is 0 Å². The molecule has 0 saturated heterocycles. The molecule has 1 amide bonds. The number of ether oxygens (including phenoxy) is 1. The molecule has 1 aliphatic heterocycles. The molecular weight excluding hydrogens is 456 g/mol. The van der Waals surface area contributed by atoms with E-state index in [9.17, 15) is 19.8 Å². The van der Waals surface area contributed by atoms with Crippen LogP contribution in [0.5, 0.6) is 5.75 Å². The van der Waals surface area contributed by atoms with Gasteiger partial charge in [-0.25, -0.2) is 4.98 Å². The van der Waals surface area contributed by atoms with Crippen LogP contribution in [0.3, 0.4) is 0 Å². The number of anilines is 1. The molecule has 2 aromatic heterocycles. The summed E-state index contributed by atoms with van der Waals surface area (Å²) in [4.78, 5) is 32.6. The van der Waals surface area contributed by atoms with Crippen LogP contribution in [0.25, 0.3) is 10.2 Å². The van der Waals surface area contributed by atoms with Gasteiger partial charge in [0, 0.05) is 6.42 Å². The Bertz CT molecular complexity index is 1400. The van der Waals surface area contributed by atoms with Gasteiger partial charge in [0.1, 0.15) is 11.5 Å². The molecule has 1 aliphatic carbocycles. The second-order valence-corrected chi connectivity index (χ2v) is 9.05. The number of ketones is 1. The number of carbonyl (C=O) groups is 2. The van der Waals surface area contributed by atoms with Crippen LogP contribution in [0.4, 0.5) is 5.13 Å². The van der Waals surface area contributed by atoms with Gasteiger partial charge in [0.05, 0.1) is 34.5 Å². The molecule has 3 aromatic rings. The zero-order valence-corrected chi connectivity index (χ0v) is 19.3. The number of aryl methyl sites for hydroxylation is 1. The quantitative estimate of drug-likeness (QED) is 0.509. The Hall–Kier alpha value is -3.69. The Morgan fingerprint density at radius 2 is 2.15 bits per heavy atom. The molecule has 9 heteroatoms. The molecule has 0 spiro atoms. The van der Waals surface area contributed by atoms with Crippen LogP contribution in [-0.4, -0.2) is 45.6 Å². The predicted molar refractivity (Wildman–Crippen MR) is 127 cm³/mol. The third-order valence-electron chi connectivity index (χ3n) is 5.72. The minimum absolute atomic E-state index is 0.0249. The molecular formula is C25H22N2O6S. The first-order valence-electron chi connectivity index (χ1n) is 10.8. The van der Waals surface area contributed by atoms with E-state index in [-0.39, 0.29) is 17.8 Å². The molecule has 0 fully saturated rings. The minimum Gasteiger partial charge on any atom is -0.503 e. The van der Waals surface area contributed by atoms with Crippen molar-refractivity contribution < 1.29 is 29.0 Å². The van der Waals surface area contributed by atoms with Crippen molar-refractivity contribution in [3.63, 3.8) is 0 Å². The molecule has 2 atom stereocenters. The lowest BCUT2D eigenvalue weighted by atomic mass is 9.89. The Kier molecular flexibility index (Phi) is 5.59. The first kappa shape index (κ1) is 22.1. The monoisotopic (exact) mass is 478 g/mol. The Morgan fingerprint density at radius 1 is 1.32 bits per heavy atom. The van der Waals surface area contributed by atoms with Crippen molar-refractivity contribution in [1.29, 1.82) is 0 Å². The standard InChI is InChI=1S/C25H22N2O6S/c1-3-32-16-8-9-17-19(12-16)34-25(26-17)27-21(14-5-4-6-15(28)11-14)20(23(30)24(27)31)22(29)18-10-7-13(2)33-18/h4-10,12,15,21,28,30H,3,11H2,1-2H3. The number of allylic oxidation sites excluding steroid dienone is 2. The number of carbonyl (C=O) groups excluding carboxylic acids is 2. The SMILES string of the molecule is CCOc1ccc2nc(N3C(=O)C(O)=C(C(=O)c4ccc(C)o4)C3C3=CC=CC(O)C3)sc2c1. The van der Waals surface area contributed by atoms with E-state index in [1.165, 1.54) is 22.3 Å². The maximum atomic E-state index is 13.4. The number of aromatic nitrogens is 1. The first-order valence-corrected chi connectivity index (χ1v) is 11.7. The third-order valence-corrected chi connectivity index (χ3v) is 6.74. The van der Waals surface area contributed by atoms with Gasteiger partial charge in [-0.05, 0) is 49.8 Å². The summed E-state index contributed by atoms with van der Waals surface area (Å²) < 4.78 is 11.9. The van der Waals surface area contributed by atoms with Crippen LogP contribution in [0.1, 0.15) is 29.7 Å². The molecule has 1 aromatic carbocycles. The van der Waals surface area contributed by atoms with E-state index in [0.29, 0.717) is 34.3 Å². The normalized spacial score (nSPS) is 20.4. The van der Waals surface area contributed by atoms with E-state index in [1.807, 2.05) is 13.0 Å². The molecule has 174 valence electrons. The van der Waals surface area contributed by atoms with Gasteiger partial charge in [-0.1, -0.05) is 29.6 Å². The molecule has 8 nitrogen and oxygen atoms in total. The van der Waals surface area contributed by atoms with Crippen LogP contribution in [0.15, 0.2) is 69.9 Å². The van der Waals surface area contributed by atoms with Crippen molar-refractivity contribution in [2.75, 3.05) is 11.5 Å². The number of aliphatic hydroxyl groups excluding tert-OH is 2. The molecule has 34 heavy (non-hydrogen) atoms. The highest BCUT2D eigenvalue weighted by Gasteiger charge is 2.47. The summed E-state index contributed by atoms with van der Waals surface area (Å²) in [5.74, 6) is -0.725. The second kappa shape index (κ2) is 8.58. The van der Waals surface area contributed by atoms with Crippen LogP contribution >= 0.6 is 11.3 Å². The number of benzene rings is 1. The number of fused-ring (bicyclic) bond motifs is 1. The Morgan fingerprint density at radius 3 is 2.85 bits per heavy atom. The first-order chi connectivity index (χ1) is 16.4. The average Bonchev–Trinajstić information content (AvgIpc) is 3.50. The van der Waals surface area contributed by atoms with Gasteiger partial charge in [-0.3, -0.25) is 14.5 Å². The fraction of sp³-hybridized carbons (Fsp3) is 0.240. The Balaban J connectivity index is 1.62. The largest absolute Gasteiger partial charge is 0.503 e. The number of amides is 1. The summed E-state index contributed by atoms with van der Waals surface area (Å²) in [7, 11) is 0. The maximum Gasteiger partial charge on any atom is 0.296 e. The summed E-state index contributed by atoms with van der Waals surface area (Å²) in [6, 6.07) is 7.66. The third kappa shape index (κ3) is 3.72. The van der Waals surface area contributed by atoms with Crippen LogP contribution in [0.2, 0.25) is 0 Å². The lowest BCUT2D eigenvalue weighted by molar-refractivity contribution is -0.116. The summed E-state index contributed by atoms with van der Waals surface area (Å²) in [6.07, 6.45) is 4.47. The number of hydrogen-bond acceptors (Lipinski definition) is 8. The number of furan rings is 1. The molecule has 0 saturated carbocycles. The molecule has 2 aliphatic rings. The van der Waals surface area contributed by atoms with Crippen molar-refractivity contribution in [3.05, 3.63) is 77.0 Å². The molecule has 0 radical (unpaired) electrons. The number of hydrogen-bond donors (Lipinski definition) is 2. The number of aliphatic hydroxyl groups is 2. The zero-order valence-electron chi connectivity index (χ0n) is 18.5. The number of Topliss-reactive ketones (excluding diaryl/α,β-unsaturated/α-hetero) is 1. The number of thiazole rings is 1. The molecule has 5 rings (SSSR count). The van der Waals surface area contributed by atoms with E-state index >= 15 is 0 Å². The van der Waals surface area contributed by atoms with E-state index in [1.54, 1.807) is 43.4 Å². The van der Waals surface area contributed by atoms with Gasteiger partial charge < -0.3 is 19.4 Å². The van der Waals surface area contributed by atoms with Gasteiger partial charge in [0.2, 0.25) is 5.78 Å². The summed E-state index contributed by atoms with van der Waals surface area (Å²) in [5, 5.41) is 21.4. The highest BCUT2D eigenvalue weighted by Crippen LogP contribution is 2.41. The van der Waals surface area contributed by atoms with Gasteiger partial charge in [0.25, 0.3) is 5.91 Å². The van der Waals surface area contributed by atoms with Gasteiger partial charge >= 0.3 is 0 Å². The van der Waals surface area contributed by atoms with Crippen molar-refractivity contribution >= 4 is 38.4 Å². The lowest BCUT2D eigenvalue weighted by Gasteiger charge is -2.28. The summed E-state index contributed by atoms with van der Waals surface area (Å²) in [5.41, 5.74) is 1.17. The molecule has 2 unspecified atom stereocenters. The fourth-order valence-corrected chi connectivity index (χ4v) is 5.24. The van der Waals surface area contributed by atoms with Crippen molar-refractivity contribution in [1.82, 2.24) is 4.98 Å². The maximum absolute atomic E-state index is 13.4. The number of rotatable bonds is 6. The van der Waals surface area contributed by atoms with Crippen molar-refractivity contribution in [3.8, 4) is 5.75 Å². The highest BCUT2D eigenvalue weighted by molar-refractivity contribution is 7.22. The zero-order chi connectivity index (χ0) is 24.0. The van der Waals surface area contributed by atoms with Gasteiger partial charge in [-0.15, -0.1) is 0 Å². The fourth-order valence-electron chi connectivity index (χ4n) is 4.21. The topological polar surface area (TPSA) is 113 Å². The number of nitrogens with zero attached hydrogens (tertiary/aromatic N) is 2. The summed E-state index contributed by atoms with van der Waals surface area (Å²) >= 11 is 1.26. The minimum atomic E-state index is -0.933. The van der Waals surface area contributed by atoms with E-state index in [4.69, 9.17) is 9.15 Å². The molecule has 3 heterocycles. The smallest absolute Gasteiger partial charge is 0.296 e. The van der Waals surface area contributed by atoms with E-state index < -0.39 is 29.6 Å². The lowest BCUT2D eigenvalue weighted by Crippen LogP contribution is -2.39. The molecule has 0 bridgehead atoms. The Labute approximate surface area is 199 Å². The average molecular weight is 479 g/mol. The highest BCUT2D eigenvalue weighted by atomic mass is 32.1.